The van der Waals surface area contributed by atoms with E-state index >= 15 is 0 Å². The molecular formula is C64H42N2O. The molecule has 0 N–H and O–H groups in total. The minimum atomic E-state index is 0.815. The van der Waals surface area contributed by atoms with Gasteiger partial charge in [0.1, 0.15) is 5.58 Å². The van der Waals surface area contributed by atoms with Gasteiger partial charge in [0, 0.05) is 50.1 Å². The summed E-state index contributed by atoms with van der Waals surface area (Å²) in [5.74, 6) is 0. The fourth-order valence-electron chi connectivity index (χ4n) is 10.5. The number of para-hydroxylation sites is 5. The van der Waals surface area contributed by atoms with Crippen LogP contribution in [0, 0.1) is 12.1 Å². The molecule has 0 radical (unpaired) electrons. The van der Waals surface area contributed by atoms with E-state index in [1.54, 1.807) is 0 Å². The Morgan fingerprint density at radius 3 is 1.91 bits per heavy atom. The molecule has 3 nitrogen and oxygen atoms in total. The molecule has 0 spiro atoms. The Bertz CT molecular complexity index is 3880. The number of anilines is 2. The molecule has 1 aliphatic rings. The van der Waals surface area contributed by atoms with E-state index in [2.05, 4.69) is 234 Å². The van der Waals surface area contributed by atoms with Crippen LogP contribution in [0.15, 0.2) is 241 Å². The zero-order chi connectivity index (χ0) is 44.3. The van der Waals surface area contributed by atoms with E-state index in [-0.39, 0.29) is 0 Å². The molecule has 2 aromatic heterocycles. The quantitative estimate of drug-likeness (QED) is 0.152. The second kappa shape index (κ2) is 16.0. The van der Waals surface area contributed by atoms with Gasteiger partial charge in [0.2, 0.25) is 0 Å². The lowest BCUT2D eigenvalue weighted by Gasteiger charge is -2.32. The van der Waals surface area contributed by atoms with Gasteiger partial charge in [-0.25, -0.2) is 0 Å². The highest BCUT2D eigenvalue weighted by atomic mass is 16.3. The maximum absolute atomic E-state index is 6.62. The normalized spacial score (nSPS) is 12.7. The van der Waals surface area contributed by atoms with Gasteiger partial charge in [0.25, 0.3) is 0 Å². The SMILES string of the molecule is c1cc2c(oc3ccccc32)c(-c2ccccc2N(C2=CC=C(c3ccccc3-n3c4ccccc4c4ccccc43)CC2)c2ccc(-c3cccc(-c4cccc5ccccc45)c3)cc2)c#1. The molecule has 3 heteroatoms. The maximum atomic E-state index is 6.62. The van der Waals surface area contributed by atoms with Gasteiger partial charge in [-0.3, -0.25) is 0 Å². The van der Waals surface area contributed by atoms with Crippen LogP contribution in [0.2, 0.25) is 0 Å². The zero-order valence-corrected chi connectivity index (χ0v) is 36.7. The first-order chi connectivity index (χ1) is 33.2. The van der Waals surface area contributed by atoms with Crippen LogP contribution in [-0.2, 0) is 0 Å². The van der Waals surface area contributed by atoms with E-state index in [1.807, 2.05) is 18.2 Å². The van der Waals surface area contributed by atoms with E-state index < -0.39 is 0 Å². The molecule has 12 aromatic rings. The minimum Gasteiger partial charge on any atom is -0.455 e. The first-order valence-corrected chi connectivity index (χ1v) is 23.0. The standard InChI is InChI=1S/C64H42N2O/c1-2-20-50-44(16-1)17-14-26-51(50)47-19-13-18-46(42-47)43-34-38-48(39-35-43)65(60-30-9-6-24-55(60)57-27-15-28-58-56-25-7-12-33-63(56)67-64(57)58)49-40-36-45(37-41-49)52-21-3-8-29-59(52)66-61-31-10-4-22-53(61)54-23-5-11-32-62(54)66/h1-14,16-26,28-36,38-40,42H,37,41H2. The van der Waals surface area contributed by atoms with Crippen molar-refractivity contribution in [2.75, 3.05) is 4.90 Å². The van der Waals surface area contributed by atoms with Crippen LogP contribution < -0.4 is 4.90 Å². The first kappa shape index (κ1) is 38.6. The van der Waals surface area contributed by atoms with Crippen molar-refractivity contribution in [3.8, 4) is 39.1 Å². The highest BCUT2D eigenvalue weighted by Gasteiger charge is 2.24. The summed E-state index contributed by atoms with van der Waals surface area (Å²) in [6.45, 7) is 0. The van der Waals surface area contributed by atoms with E-state index in [0.717, 1.165) is 62.8 Å². The Morgan fingerprint density at radius 2 is 1.10 bits per heavy atom. The van der Waals surface area contributed by atoms with E-state index in [9.17, 15) is 0 Å². The third-order valence-corrected chi connectivity index (χ3v) is 13.6. The molecule has 0 atom stereocenters. The number of fused-ring (bicyclic) bond motifs is 7. The molecule has 0 saturated carbocycles. The van der Waals surface area contributed by atoms with Crippen LogP contribution in [0.1, 0.15) is 18.4 Å². The Hall–Kier alpha value is -8.84. The third-order valence-electron chi connectivity index (χ3n) is 13.6. The van der Waals surface area contributed by atoms with Crippen LogP contribution >= 0.6 is 0 Å². The number of hydrogen-bond acceptors (Lipinski definition) is 2. The Labute approximate surface area is 389 Å². The summed E-state index contributed by atoms with van der Waals surface area (Å²) in [6, 6.07) is 85.3. The van der Waals surface area contributed by atoms with Crippen molar-refractivity contribution in [1.82, 2.24) is 4.57 Å². The summed E-state index contributed by atoms with van der Waals surface area (Å²) < 4.78 is 9.05. The highest BCUT2D eigenvalue weighted by Crippen LogP contribution is 2.45. The van der Waals surface area contributed by atoms with Crippen molar-refractivity contribution in [2.24, 2.45) is 0 Å². The fourth-order valence-corrected chi connectivity index (χ4v) is 10.5. The number of allylic oxidation sites excluding steroid dienone is 4. The Balaban J connectivity index is 0.938. The molecule has 1 aliphatic carbocycles. The Morgan fingerprint density at radius 1 is 0.463 bits per heavy atom. The van der Waals surface area contributed by atoms with Gasteiger partial charge in [-0.1, -0.05) is 182 Å². The van der Waals surface area contributed by atoms with E-state index in [4.69, 9.17) is 4.42 Å². The average molecular weight is 855 g/mol. The van der Waals surface area contributed by atoms with Gasteiger partial charge in [-0.2, -0.15) is 0 Å². The van der Waals surface area contributed by atoms with Gasteiger partial charge < -0.3 is 13.9 Å². The van der Waals surface area contributed by atoms with Gasteiger partial charge >= 0.3 is 0 Å². The molecule has 0 unspecified atom stereocenters. The van der Waals surface area contributed by atoms with Crippen molar-refractivity contribution < 1.29 is 4.42 Å². The Kier molecular flexibility index (Phi) is 9.22. The second-order valence-electron chi connectivity index (χ2n) is 17.4. The molecule has 0 aliphatic heterocycles. The van der Waals surface area contributed by atoms with Gasteiger partial charge in [0.05, 0.1) is 28.0 Å². The molecule has 2 heterocycles. The molecule has 0 saturated heterocycles. The monoisotopic (exact) mass is 854 g/mol. The van der Waals surface area contributed by atoms with Crippen LogP contribution in [-0.4, -0.2) is 4.57 Å². The second-order valence-corrected chi connectivity index (χ2v) is 17.4. The summed E-state index contributed by atoms with van der Waals surface area (Å²) in [5.41, 5.74) is 17.9. The zero-order valence-electron chi connectivity index (χ0n) is 36.7. The molecule has 314 valence electrons. The van der Waals surface area contributed by atoms with Crippen LogP contribution in [0.5, 0.6) is 0 Å². The van der Waals surface area contributed by atoms with Crippen molar-refractivity contribution >= 4 is 71.5 Å². The lowest BCUT2D eigenvalue weighted by molar-refractivity contribution is 0.670. The number of nitrogens with zero attached hydrogens (tertiary/aromatic N) is 2. The van der Waals surface area contributed by atoms with Crippen molar-refractivity contribution in [3.63, 3.8) is 0 Å². The molecule has 0 bridgehead atoms. The van der Waals surface area contributed by atoms with Crippen LogP contribution in [0.4, 0.5) is 11.4 Å². The summed E-state index contributed by atoms with van der Waals surface area (Å²) in [5, 5.41) is 7.14. The van der Waals surface area contributed by atoms with E-state index in [0.29, 0.717) is 0 Å². The summed E-state index contributed by atoms with van der Waals surface area (Å²) in [4.78, 5) is 2.44. The number of rotatable bonds is 8. The predicted octanol–water partition coefficient (Wildman–Crippen LogP) is 17.3. The number of furan rings is 1. The largest absolute Gasteiger partial charge is 0.455 e. The van der Waals surface area contributed by atoms with Crippen molar-refractivity contribution in [1.29, 1.82) is 0 Å². The van der Waals surface area contributed by atoms with Crippen molar-refractivity contribution in [3.05, 3.63) is 254 Å². The number of hydrogen-bond donors (Lipinski definition) is 0. The summed E-state index contributed by atoms with van der Waals surface area (Å²) in [7, 11) is 0. The smallest absolute Gasteiger partial charge is 0.152 e. The molecule has 67 heavy (non-hydrogen) atoms. The van der Waals surface area contributed by atoms with Gasteiger partial charge in [0.15, 0.2) is 5.58 Å². The average Bonchev–Trinajstić information content (AvgIpc) is 3.95. The third kappa shape index (κ3) is 6.53. The van der Waals surface area contributed by atoms with Gasteiger partial charge in [-0.05, 0) is 106 Å². The molecule has 0 amide bonds. The topological polar surface area (TPSA) is 21.3 Å². The molecule has 13 rings (SSSR count). The number of aromatic nitrogens is 1. The van der Waals surface area contributed by atoms with Crippen LogP contribution in [0.25, 0.3) is 99.2 Å². The summed E-state index contributed by atoms with van der Waals surface area (Å²) >= 11 is 0. The maximum Gasteiger partial charge on any atom is 0.152 e. The first-order valence-electron chi connectivity index (χ1n) is 23.0. The fraction of sp³-hybridized carbons (Fsp3) is 0.0312. The van der Waals surface area contributed by atoms with Gasteiger partial charge in [-0.15, -0.1) is 0 Å². The van der Waals surface area contributed by atoms with E-state index in [1.165, 1.54) is 71.8 Å². The molecule has 0 fully saturated rings. The molecular weight excluding hydrogens is 813 g/mol. The minimum absolute atomic E-state index is 0.815. The lowest BCUT2D eigenvalue weighted by Crippen LogP contribution is -2.19. The molecule has 10 aromatic carbocycles. The van der Waals surface area contributed by atoms with Crippen LogP contribution in [0.3, 0.4) is 0 Å². The highest BCUT2D eigenvalue weighted by molar-refractivity contribution is 6.11. The predicted molar refractivity (Wildman–Crippen MR) is 280 cm³/mol. The lowest BCUT2D eigenvalue weighted by atomic mass is 9.92. The van der Waals surface area contributed by atoms with Crippen molar-refractivity contribution in [2.45, 2.75) is 12.8 Å². The summed E-state index contributed by atoms with van der Waals surface area (Å²) in [6.07, 6.45) is 6.38. The number of benzene rings is 9.